The quantitative estimate of drug-likeness (QED) is 0.870. The Bertz CT molecular complexity index is 588. The monoisotopic (exact) mass is 271 g/mol. The van der Waals surface area contributed by atoms with E-state index in [0.29, 0.717) is 6.04 Å². The Kier molecular flexibility index (Phi) is 3.67. The Morgan fingerprint density at radius 2 is 2.00 bits per heavy atom. The van der Waals surface area contributed by atoms with Gasteiger partial charge in [0, 0.05) is 23.5 Å². The first-order valence-corrected chi connectivity index (χ1v) is 7.38. The van der Waals surface area contributed by atoms with Crippen LogP contribution in [0.1, 0.15) is 50.4 Å². The molecule has 2 heterocycles. The minimum Gasteiger partial charge on any atom is -0.337 e. The van der Waals surface area contributed by atoms with E-state index >= 15 is 0 Å². The van der Waals surface area contributed by atoms with Crippen LogP contribution >= 0.6 is 0 Å². The van der Waals surface area contributed by atoms with E-state index in [2.05, 4.69) is 34.2 Å². The predicted octanol–water partition coefficient (Wildman–Crippen LogP) is 3.27. The van der Waals surface area contributed by atoms with E-state index < -0.39 is 0 Å². The van der Waals surface area contributed by atoms with Gasteiger partial charge in [-0.2, -0.15) is 5.10 Å². The highest BCUT2D eigenvalue weighted by Crippen LogP contribution is 2.26. The molecule has 0 bridgehead atoms. The van der Waals surface area contributed by atoms with Gasteiger partial charge >= 0.3 is 0 Å². The lowest BCUT2D eigenvalue weighted by Crippen LogP contribution is -2.04. The highest BCUT2D eigenvalue weighted by molar-refractivity contribution is 5.58. The number of rotatable bonds is 3. The fourth-order valence-electron chi connectivity index (χ4n) is 2.63. The summed E-state index contributed by atoms with van der Waals surface area (Å²) in [6.07, 6.45) is 11.4. The molecule has 0 atom stereocenters. The van der Waals surface area contributed by atoms with Crippen LogP contribution in [-0.4, -0.2) is 19.7 Å². The van der Waals surface area contributed by atoms with Crippen LogP contribution in [0, 0.1) is 0 Å². The summed E-state index contributed by atoms with van der Waals surface area (Å²) < 4.78 is 1.95. The van der Waals surface area contributed by atoms with E-state index in [1.165, 1.54) is 30.5 Å². The molecule has 0 unspecified atom stereocenters. The molecular weight excluding hydrogens is 250 g/mol. The standard InChI is InChI=1S/C15H21N5/c1-11(2)20-9-12(8-18-20)19-15-13-6-4-3-5-7-14(13)16-10-17-15/h8-11H,3-7H2,1-2H3,(H,16,17,19). The first-order chi connectivity index (χ1) is 9.74. The molecule has 0 aromatic carbocycles. The minimum absolute atomic E-state index is 0.369. The van der Waals surface area contributed by atoms with Gasteiger partial charge in [-0.05, 0) is 39.5 Å². The molecule has 3 rings (SSSR count). The molecule has 0 saturated heterocycles. The van der Waals surface area contributed by atoms with Crippen molar-refractivity contribution in [2.24, 2.45) is 0 Å². The van der Waals surface area contributed by atoms with Crippen molar-refractivity contribution in [2.75, 3.05) is 5.32 Å². The van der Waals surface area contributed by atoms with Gasteiger partial charge in [0.1, 0.15) is 12.1 Å². The maximum atomic E-state index is 4.44. The maximum Gasteiger partial charge on any atom is 0.137 e. The average Bonchev–Trinajstić information content (AvgIpc) is 2.76. The van der Waals surface area contributed by atoms with E-state index in [9.17, 15) is 0 Å². The van der Waals surface area contributed by atoms with Gasteiger partial charge < -0.3 is 5.32 Å². The lowest BCUT2D eigenvalue weighted by molar-refractivity contribution is 0.532. The van der Waals surface area contributed by atoms with Crippen LogP contribution in [0.5, 0.6) is 0 Å². The van der Waals surface area contributed by atoms with Crippen LogP contribution in [-0.2, 0) is 12.8 Å². The molecule has 1 N–H and O–H groups in total. The number of hydrogen-bond donors (Lipinski definition) is 1. The van der Waals surface area contributed by atoms with Gasteiger partial charge in [0.2, 0.25) is 0 Å². The molecule has 20 heavy (non-hydrogen) atoms. The number of nitrogens with zero attached hydrogens (tertiary/aromatic N) is 4. The molecule has 0 saturated carbocycles. The zero-order valence-corrected chi connectivity index (χ0v) is 12.1. The smallest absolute Gasteiger partial charge is 0.137 e. The summed E-state index contributed by atoms with van der Waals surface area (Å²) in [5, 5.41) is 7.75. The van der Waals surface area contributed by atoms with Gasteiger partial charge in [-0.25, -0.2) is 9.97 Å². The second-order valence-corrected chi connectivity index (χ2v) is 5.64. The van der Waals surface area contributed by atoms with Crippen molar-refractivity contribution in [3.63, 3.8) is 0 Å². The van der Waals surface area contributed by atoms with Crippen LogP contribution < -0.4 is 5.32 Å². The Labute approximate surface area is 119 Å². The largest absolute Gasteiger partial charge is 0.337 e. The van der Waals surface area contributed by atoms with Crippen molar-refractivity contribution in [1.29, 1.82) is 0 Å². The Morgan fingerprint density at radius 3 is 2.80 bits per heavy atom. The van der Waals surface area contributed by atoms with Crippen LogP contribution in [0.25, 0.3) is 0 Å². The number of aryl methyl sites for hydroxylation is 1. The highest BCUT2D eigenvalue weighted by atomic mass is 15.3. The number of nitrogens with one attached hydrogen (secondary N) is 1. The SMILES string of the molecule is CC(C)n1cc(Nc2ncnc3c2CCCCC3)cn1. The third kappa shape index (κ3) is 2.66. The molecule has 2 aromatic heterocycles. The van der Waals surface area contributed by atoms with Gasteiger partial charge in [0.05, 0.1) is 11.9 Å². The summed E-state index contributed by atoms with van der Waals surface area (Å²) in [4.78, 5) is 8.87. The molecule has 1 aliphatic rings. The molecule has 0 aliphatic heterocycles. The molecule has 2 aromatic rings. The number of anilines is 2. The van der Waals surface area contributed by atoms with Crippen molar-refractivity contribution in [3.8, 4) is 0 Å². The fourth-order valence-corrected chi connectivity index (χ4v) is 2.63. The fraction of sp³-hybridized carbons (Fsp3) is 0.533. The van der Waals surface area contributed by atoms with Crippen LogP contribution in [0.2, 0.25) is 0 Å². The molecule has 106 valence electrons. The Morgan fingerprint density at radius 1 is 1.15 bits per heavy atom. The van der Waals surface area contributed by atoms with Crippen molar-refractivity contribution in [3.05, 3.63) is 30.0 Å². The van der Waals surface area contributed by atoms with Gasteiger partial charge in [-0.3, -0.25) is 4.68 Å². The third-order valence-corrected chi connectivity index (χ3v) is 3.77. The second-order valence-electron chi connectivity index (χ2n) is 5.64. The second kappa shape index (κ2) is 5.61. The molecule has 0 amide bonds. The first kappa shape index (κ1) is 13.1. The molecule has 5 heteroatoms. The summed E-state index contributed by atoms with van der Waals surface area (Å²) in [5.41, 5.74) is 3.47. The highest BCUT2D eigenvalue weighted by Gasteiger charge is 2.15. The van der Waals surface area contributed by atoms with Crippen LogP contribution in [0.15, 0.2) is 18.7 Å². The third-order valence-electron chi connectivity index (χ3n) is 3.77. The Hall–Kier alpha value is -1.91. The van der Waals surface area contributed by atoms with E-state index in [-0.39, 0.29) is 0 Å². The minimum atomic E-state index is 0.369. The average molecular weight is 271 g/mol. The summed E-state index contributed by atoms with van der Waals surface area (Å²) in [5.74, 6) is 0.945. The van der Waals surface area contributed by atoms with E-state index in [1.54, 1.807) is 6.33 Å². The van der Waals surface area contributed by atoms with Crippen molar-refractivity contribution in [2.45, 2.75) is 52.0 Å². The van der Waals surface area contributed by atoms with Crippen molar-refractivity contribution in [1.82, 2.24) is 19.7 Å². The molecule has 0 spiro atoms. The van der Waals surface area contributed by atoms with E-state index in [0.717, 1.165) is 24.3 Å². The molecule has 1 aliphatic carbocycles. The van der Waals surface area contributed by atoms with Crippen LogP contribution in [0.4, 0.5) is 11.5 Å². The topological polar surface area (TPSA) is 55.6 Å². The summed E-state index contributed by atoms with van der Waals surface area (Å²) >= 11 is 0. The zero-order valence-electron chi connectivity index (χ0n) is 12.1. The normalized spacial score (nSPS) is 14.9. The number of hydrogen-bond acceptors (Lipinski definition) is 4. The molecule has 0 fully saturated rings. The maximum absolute atomic E-state index is 4.44. The zero-order chi connectivity index (χ0) is 13.9. The summed E-state index contributed by atoms with van der Waals surface area (Å²) in [7, 11) is 0. The predicted molar refractivity (Wildman–Crippen MR) is 79.2 cm³/mol. The lowest BCUT2D eigenvalue weighted by atomic mass is 10.1. The van der Waals surface area contributed by atoms with Gasteiger partial charge in [-0.1, -0.05) is 6.42 Å². The van der Waals surface area contributed by atoms with Crippen molar-refractivity contribution >= 4 is 11.5 Å². The van der Waals surface area contributed by atoms with Gasteiger partial charge in [0.15, 0.2) is 0 Å². The number of fused-ring (bicyclic) bond motifs is 1. The summed E-state index contributed by atoms with van der Waals surface area (Å²) in [6.45, 7) is 4.24. The van der Waals surface area contributed by atoms with Gasteiger partial charge in [0.25, 0.3) is 0 Å². The van der Waals surface area contributed by atoms with Crippen molar-refractivity contribution < 1.29 is 0 Å². The molecule has 0 radical (unpaired) electrons. The molecular formula is C15H21N5. The summed E-state index contributed by atoms with van der Waals surface area (Å²) in [6, 6.07) is 0.369. The first-order valence-electron chi connectivity index (χ1n) is 7.38. The van der Waals surface area contributed by atoms with E-state index in [4.69, 9.17) is 0 Å². The Balaban J connectivity index is 1.86. The van der Waals surface area contributed by atoms with Gasteiger partial charge in [-0.15, -0.1) is 0 Å². The van der Waals surface area contributed by atoms with Crippen LogP contribution in [0.3, 0.4) is 0 Å². The number of aromatic nitrogens is 4. The lowest BCUT2D eigenvalue weighted by Gasteiger charge is -2.11. The van der Waals surface area contributed by atoms with E-state index in [1.807, 2.05) is 17.1 Å². The molecule has 5 nitrogen and oxygen atoms in total.